The topological polar surface area (TPSA) is 76.7 Å². The van der Waals surface area contributed by atoms with Crippen molar-refractivity contribution in [2.24, 2.45) is 0 Å². The van der Waals surface area contributed by atoms with Gasteiger partial charge in [0.05, 0.1) is 18.1 Å². The van der Waals surface area contributed by atoms with Crippen LogP contribution in [0.1, 0.15) is 6.42 Å². The molecule has 0 atom stereocenters. The third kappa shape index (κ3) is 7.11. The highest BCUT2D eigenvalue weighted by Crippen LogP contribution is 2.27. The number of carbonyl (C=O) groups excluding carboxylic acids is 2. The van der Waals surface area contributed by atoms with Crippen LogP contribution in [0.3, 0.4) is 0 Å². The van der Waals surface area contributed by atoms with Gasteiger partial charge in [0.1, 0.15) is 11.5 Å². The number of rotatable bonds is 7. The SMILES string of the molecule is O=C(CCOc1cccc(Br)c1)NNC(=O)COc1ccc(Cl)cc1Cl. The first kappa shape index (κ1) is 20.4. The van der Waals surface area contributed by atoms with E-state index < -0.39 is 11.8 Å². The summed E-state index contributed by atoms with van der Waals surface area (Å²) in [4.78, 5) is 23.4. The maximum Gasteiger partial charge on any atom is 0.276 e. The third-order valence-corrected chi connectivity index (χ3v) is 4.01. The Hall–Kier alpha value is -1.96. The summed E-state index contributed by atoms with van der Waals surface area (Å²) in [5, 5.41) is 0.753. The van der Waals surface area contributed by atoms with Crippen LogP contribution >= 0.6 is 39.1 Å². The van der Waals surface area contributed by atoms with Crippen LogP contribution in [-0.2, 0) is 9.59 Å². The average Bonchev–Trinajstić information content (AvgIpc) is 2.59. The van der Waals surface area contributed by atoms with E-state index in [4.69, 9.17) is 32.7 Å². The standard InChI is InChI=1S/C17H15BrCl2N2O4/c18-11-2-1-3-13(8-11)25-7-6-16(23)21-22-17(24)10-26-15-5-4-12(19)9-14(15)20/h1-5,8-9H,6-7,10H2,(H,21,23)(H,22,24). The zero-order valence-electron chi connectivity index (χ0n) is 13.4. The number of hydrogen-bond donors (Lipinski definition) is 2. The van der Waals surface area contributed by atoms with Crippen LogP contribution in [0.15, 0.2) is 46.9 Å². The predicted octanol–water partition coefficient (Wildman–Crippen LogP) is 3.75. The van der Waals surface area contributed by atoms with Crippen molar-refractivity contribution in [2.45, 2.75) is 6.42 Å². The van der Waals surface area contributed by atoms with Crippen molar-refractivity contribution in [3.8, 4) is 11.5 Å². The Bertz CT molecular complexity index is 789. The molecule has 0 radical (unpaired) electrons. The lowest BCUT2D eigenvalue weighted by atomic mass is 10.3. The highest BCUT2D eigenvalue weighted by atomic mass is 79.9. The van der Waals surface area contributed by atoms with Crippen LogP contribution in [0.25, 0.3) is 0 Å². The Morgan fingerprint density at radius 2 is 1.77 bits per heavy atom. The zero-order valence-corrected chi connectivity index (χ0v) is 16.5. The Labute approximate surface area is 168 Å². The van der Waals surface area contributed by atoms with Gasteiger partial charge in [-0.25, -0.2) is 0 Å². The molecule has 0 aliphatic carbocycles. The molecule has 0 aromatic heterocycles. The number of hydrogen-bond acceptors (Lipinski definition) is 4. The molecule has 2 amide bonds. The molecule has 9 heteroatoms. The average molecular weight is 462 g/mol. The van der Waals surface area contributed by atoms with Gasteiger partial charge in [-0.15, -0.1) is 0 Å². The Kier molecular flexibility index (Phi) is 8.03. The molecule has 6 nitrogen and oxygen atoms in total. The molecule has 0 fully saturated rings. The molecule has 0 heterocycles. The van der Waals surface area contributed by atoms with E-state index in [1.54, 1.807) is 24.3 Å². The summed E-state index contributed by atoms with van der Waals surface area (Å²) in [6, 6.07) is 11.9. The summed E-state index contributed by atoms with van der Waals surface area (Å²) in [5.41, 5.74) is 4.52. The van der Waals surface area contributed by atoms with Crippen LogP contribution < -0.4 is 20.3 Å². The number of halogens is 3. The van der Waals surface area contributed by atoms with Crippen molar-refractivity contribution in [2.75, 3.05) is 13.2 Å². The number of benzene rings is 2. The summed E-state index contributed by atoms with van der Waals surface area (Å²) in [7, 11) is 0. The van der Waals surface area contributed by atoms with Gasteiger partial charge in [0, 0.05) is 9.50 Å². The fourth-order valence-electron chi connectivity index (χ4n) is 1.79. The van der Waals surface area contributed by atoms with Crippen LogP contribution in [0.4, 0.5) is 0 Å². The summed E-state index contributed by atoms with van der Waals surface area (Å²) < 4.78 is 11.6. The molecule has 0 aliphatic heterocycles. The number of carbonyl (C=O) groups is 2. The van der Waals surface area contributed by atoms with Gasteiger partial charge >= 0.3 is 0 Å². The van der Waals surface area contributed by atoms with Crippen molar-refractivity contribution in [1.82, 2.24) is 10.9 Å². The van der Waals surface area contributed by atoms with E-state index in [0.29, 0.717) is 21.5 Å². The van der Waals surface area contributed by atoms with E-state index in [1.807, 2.05) is 12.1 Å². The second kappa shape index (κ2) is 10.3. The van der Waals surface area contributed by atoms with E-state index in [2.05, 4.69) is 26.8 Å². The quantitative estimate of drug-likeness (QED) is 0.615. The molecule has 26 heavy (non-hydrogen) atoms. The van der Waals surface area contributed by atoms with E-state index in [1.165, 1.54) is 6.07 Å². The van der Waals surface area contributed by atoms with E-state index in [9.17, 15) is 9.59 Å². The van der Waals surface area contributed by atoms with Crippen molar-refractivity contribution in [3.05, 3.63) is 57.0 Å². The highest BCUT2D eigenvalue weighted by Gasteiger charge is 2.08. The smallest absolute Gasteiger partial charge is 0.276 e. The minimum absolute atomic E-state index is 0.0800. The first-order chi connectivity index (χ1) is 12.4. The van der Waals surface area contributed by atoms with Crippen LogP contribution in [0, 0.1) is 0 Å². The number of amides is 2. The van der Waals surface area contributed by atoms with Crippen molar-refractivity contribution < 1.29 is 19.1 Å². The minimum atomic E-state index is -0.530. The first-order valence-electron chi connectivity index (χ1n) is 7.48. The highest BCUT2D eigenvalue weighted by molar-refractivity contribution is 9.10. The van der Waals surface area contributed by atoms with Gasteiger partial charge in [0.25, 0.3) is 5.91 Å². The lowest BCUT2D eigenvalue weighted by Crippen LogP contribution is -2.44. The lowest BCUT2D eigenvalue weighted by molar-refractivity contribution is -0.130. The second-order valence-corrected chi connectivity index (χ2v) is 6.77. The predicted molar refractivity (Wildman–Crippen MR) is 102 cm³/mol. The first-order valence-corrected chi connectivity index (χ1v) is 9.03. The summed E-state index contributed by atoms with van der Waals surface area (Å²) in [6.07, 6.45) is 0.0800. The van der Waals surface area contributed by atoms with E-state index >= 15 is 0 Å². The van der Waals surface area contributed by atoms with Gasteiger partial charge in [-0.05, 0) is 36.4 Å². The van der Waals surface area contributed by atoms with Crippen molar-refractivity contribution in [1.29, 1.82) is 0 Å². The van der Waals surface area contributed by atoms with Crippen molar-refractivity contribution in [3.63, 3.8) is 0 Å². The Morgan fingerprint density at radius 1 is 1.00 bits per heavy atom. The molecule has 0 saturated carbocycles. The van der Waals surface area contributed by atoms with Gasteiger partial charge in [-0.2, -0.15) is 0 Å². The van der Waals surface area contributed by atoms with Gasteiger partial charge in [0.2, 0.25) is 5.91 Å². The molecule has 0 saturated heterocycles. The van der Waals surface area contributed by atoms with Gasteiger partial charge in [-0.3, -0.25) is 20.4 Å². The molecular formula is C17H15BrCl2N2O4. The second-order valence-electron chi connectivity index (χ2n) is 5.02. The summed E-state index contributed by atoms with van der Waals surface area (Å²) in [6.45, 7) is -0.134. The number of nitrogens with one attached hydrogen (secondary N) is 2. The van der Waals surface area contributed by atoms with E-state index in [-0.39, 0.29) is 19.6 Å². The molecule has 2 aromatic carbocycles. The van der Waals surface area contributed by atoms with Crippen LogP contribution in [0.5, 0.6) is 11.5 Å². The zero-order chi connectivity index (χ0) is 18.9. The largest absolute Gasteiger partial charge is 0.493 e. The molecule has 0 spiro atoms. The lowest BCUT2D eigenvalue weighted by Gasteiger charge is -2.10. The molecule has 2 rings (SSSR count). The molecule has 138 valence electrons. The molecule has 2 N–H and O–H groups in total. The fourth-order valence-corrected chi connectivity index (χ4v) is 2.63. The van der Waals surface area contributed by atoms with Crippen LogP contribution in [0.2, 0.25) is 10.0 Å². The molecule has 0 aliphatic rings. The Balaban J connectivity index is 1.64. The monoisotopic (exact) mass is 460 g/mol. The molecule has 2 aromatic rings. The maximum absolute atomic E-state index is 11.7. The van der Waals surface area contributed by atoms with Gasteiger partial charge < -0.3 is 9.47 Å². The number of ether oxygens (including phenoxy) is 2. The minimum Gasteiger partial charge on any atom is -0.493 e. The van der Waals surface area contributed by atoms with Crippen LogP contribution in [-0.4, -0.2) is 25.0 Å². The van der Waals surface area contributed by atoms with Gasteiger partial charge in [0.15, 0.2) is 6.61 Å². The third-order valence-electron chi connectivity index (χ3n) is 2.99. The molecular weight excluding hydrogens is 447 g/mol. The number of hydrazine groups is 1. The van der Waals surface area contributed by atoms with Gasteiger partial charge in [-0.1, -0.05) is 45.2 Å². The summed E-state index contributed by atoms with van der Waals surface area (Å²) >= 11 is 15.0. The Morgan fingerprint density at radius 3 is 2.50 bits per heavy atom. The maximum atomic E-state index is 11.7. The normalized spacial score (nSPS) is 10.1. The molecule has 0 unspecified atom stereocenters. The molecule has 0 bridgehead atoms. The van der Waals surface area contributed by atoms with Crippen molar-refractivity contribution >= 4 is 50.9 Å². The summed E-state index contributed by atoms with van der Waals surface area (Å²) in [5.74, 6) is 0.0413. The fraction of sp³-hybridized carbons (Fsp3) is 0.176. The van der Waals surface area contributed by atoms with E-state index in [0.717, 1.165) is 4.47 Å².